The Morgan fingerprint density at radius 1 is 1.25 bits per heavy atom. The first-order valence-electron chi connectivity index (χ1n) is 4.55. The van der Waals surface area contributed by atoms with E-state index in [9.17, 15) is 0 Å². The molecule has 0 heterocycles. The molecule has 0 radical (unpaired) electrons. The van der Waals surface area contributed by atoms with Crippen LogP contribution in [-0.4, -0.2) is 16.3 Å². The average Bonchev–Trinajstić information content (AvgIpc) is 1.85. The van der Waals surface area contributed by atoms with Crippen molar-refractivity contribution >= 4 is 27.7 Å². The zero-order valence-corrected chi connectivity index (χ0v) is 11.3. The van der Waals surface area contributed by atoms with E-state index in [1.165, 1.54) is 5.75 Å². The minimum absolute atomic E-state index is 0.436. The van der Waals surface area contributed by atoms with Gasteiger partial charge in [0.2, 0.25) is 0 Å². The van der Waals surface area contributed by atoms with Crippen LogP contribution in [0.25, 0.3) is 0 Å². The molecule has 0 aliphatic rings. The molecule has 1 unspecified atom stereocenters. The molecular formula is C10H21BrS. The Kier molecular flexibility index (Phi) is 5.92. The molecule has 0 saturated heterocycles. The van der Waals surface area contributed by atoms with Crippen LogP contribution in [0.5, 0.6) is 0 Å². The summed E-state index contributed by atoms with van der Waals surface area (Å²) in [6.45, 7) is 11.5. The van der Waals surface area contributed by atoms with Gasteiger partial charge in [0, 0.05) is 5.33 Å². The number of alkyl halides is 1. The first kappa shape index (κ1) is 12.8. The number of hydrogen-bond donors (Lipinski definition) is 0. The molecule has 0 aromatic heterocycles. The molecule has 0 fully saturated rings. The van der Waals surface area contributed by atoms with E-state index in [1.54, 1.807) is 0 Å². The largest absolute Gasteiger partial charge is 0.159 e. The van der Waals surface area contributed by atoms with Crippen molar-refractivity contribution in [2.45, 2.75) is 39.9 Å². The molecule has 0 rings (SSSR count). The lowest BCUT2D eigenvalue weighted by Gasteiger charge is -2.29. The standard InChI is InChI=1S/C10H21BrS/c1-8(2)12-7-9(6-11)10(3,4)5/h8-9H,6-7H2,1-5H3. The third-order valence-corrected chi connectivity index (χ3v) is 4.08. The summed E-state index contributed by atoms with van der Waals surface area (Å²) in [5.74, 6) is 2.05. The van der Waals surface area contributed by atoms with Crippen molar-refractivity contribution in [2.75, 3.05) is 11.1 Å². The van der Waals surface area contributed by atoms with Crippen LogP contribution in [0, 0.1) is 11.3 Å². The Bertz CT molecular complexity index is 115. The highest BCUT2D eigenvalue weighted by molar-refractivity contribution is 9.09. The van der Waals surface area contributed by atoms with Crippen LogP contribution in [0.1, 0.15) is 34.6 Å². The highest BCUT2D eigenvalue weighted by atomic mass is 79.9. The molecular weight excluding hydrogens is 232 g/mol. The van der Waals surface area contributed by atoms with Crippen molar-refractivity contribution in [3.63, 3.8) is 0 Å². The van der Waals surface area contributed by atoms with Crippen molar-refractivity contribution in [1.29, 1.82) is 0 Å². The summed E-state index contributed by atoms with van der Waals surface area (Å²) in [5, 5.41) is 1.88. The van der Waals surface area contributed by atoms with Gasteiger partial charge < -0.3 is 0 Å². The summed E-state index contributed by atoms with van der Waals surface area (Å²) in [6.07, 6.45) is 0. The van der Waals surface area contributed by atoms with Crippen molar-refractivity contribution in [3.05, 3.63) is 0 Å². The molecule has 2 heteroatoms. The molecule has 1 atom stereocenters. The Hall–Kier alpha value is 0.830. The molecule has 0 nitrogen and oxygen atoms in total. The van der Waals surface area contributed by atoms with Gasteiger partial charge in [-0.25, -0.2) is 0 Å². The van der Waals surface area contributed by atoms with Crippen LogP contribution in [0.4, 0.5) is 0 Å². The van der Waals surface area contributed by atoms with Crippen molar-refractivity contribution in [3.8, 4) is 0 Å². The molecule has 0 aliphatic heterocycles. The van der Waals surface area contributed by atoms with Gasteiger partial charge in [0.1, 0.15) is 0 Å². The molecule has 0 spiro atoms. The molecule has 12 heavy (non-hydrogen) atoms. The summed E-state index contributed by atoms with van der Waals surface area (Å²) in [6, 6.07) is 0. The zero-order valence-electron chi connectivity index (χ0n) is 8.86. The molecule has 0 aliphatic carbocycles. The molecule has 0 aromatic rings. The maximum absolute atomic E-state index is 3.59. The first-order chi connectivity index (χ1) is 5.38. The van der Waals surface area contributed by atoms with Crippen LogP contribution in [0.2, 0.25) is 0 Å². The van der Waals surface area contributed by atoms with E-state index in [1.807, 2.05) is 0 Å². The minimum atomic E-state index is 0.436. The fourth-order valence-corrected chi connectivity index (χ4v) is 3.57. The smallest absolute Gasteiger partial charge is 0.00725 e. The zero-order chi connectivity index (χ0) is 9.78. The highest BCUT2D eigenvalue weighted by Crippen LogP contribution is 2.31. The molecule has 0 amide bonds. The van der Waals surface area contributed by atoms with Crippen LogP contribution in [-0.2, 0) is 0 Å². The minimum Gasteiger partial charge on any atom is -0.159 e. The monoisotopic (exact) mass is 252 g/mol. The summed E-state index contributed by atoms with van der Waals surface area (Å²) in [7, 11) is 0. The summed E-state index contributed by atoms with van der Waals surface area (Å²) in [4.78, 5) is 0. The van der Waals surface area contributed by atoms with E-state index in [4.69, 9.17) is 0 Å². The third-order valence-electron chi connectivity index (χ3n) is 2.04. The van der Waals surface area contributed by atoms with Crippen LogP contribution < -0.4 is 0 Å². The van der Waals surface area contributed by atoms with Gasteiger partial charge in [-0.05, 0) is 22.3 Å². The molecule has 74 valence electrons. The van der Waals surface area contributed by atoms with E-state index in [-0.39, 0.29) is 0 Å². The van der Waals surface area contributed by atoms with Crippen molar-refractivity contribution in [2.24, 2.45) is 11.3 Å². The normalized spacial score (nSPS) is 15.2. The van der Waals surface area contributed by atoms with E-state index < -0.39 is 0 Å². The maximum atomic E-state index is 3.59. The van der Waals surface area contributed by atoms with Gasteiger partial charge in [-0.3, -0.25) is 0 Å². The average molecular weight is 253 g/mol. The van der Waals surface area contributed by atoms with E-state index >= 15 is 0 Å². The fourth-order valence-electron chi connectivity index (χ4n) is 0.835. The quantitative estimate of drug-likeness (QED) is 0.677. The predicted molar refractivity (Wildman–Crippen MR) is 64.3 cm³/mol. The first-order valence-corrected chi connectivity index (χ1v) is 6.72. The van der Waals surface area contributed by atoms with Crippen LogP contribution >= 0.6 is 27.7 Å². The van der Waals surface area contributed by atoms with Crippen LogP contribution in [0.3, 0.4) is 0 Å². The molecule has 0 N–H and O–H groups in total. The second-order valence-electron chi connectivity index (χ2n) is 4.60. The second kappa shape index (κ2) is 5.54. The number of thioether (sulfide) groups is 1. The lowest BCUT2D eigenvalue weighted by atomic mass is 9.83. The summed E-state index contributed by atoms with van der Waals surface area (Å²) < 4.78 is 0. The van der Waals surface area contributed by atoms with Gasteiger partial charge in [0.05, 0.1) is 0 Å². The SMILES string of the molecule is CC(C)SCC(CBr)C(C)(C)C. The van der Waals surface area contributed by atoms with Crippen LogP contribution in [0.15, 0.2) is 0 Å². The Balaban J connectivity index is 3.84. The Labute approximate surface area is 90.0 Å². The van der Waals surface area contributed by atoms with E-state index in [0.29, 0.717) is 5.41 Å². The molecule has 0 bridgehead atoms. The van der Waals surface area contributed by atoms with E-state index in [0.717, 1.165) is 16.5 Å². The van der Waals surface area contributed by atoms with Gasteiger partial charge in [-0.2, -0.15) is 11.8 Å². The van der Waals surface area contributed by atoms with Gasteiger partial charge >= 0.3 is 0 Å². The van der Waals surface area contributed by atoms with Crippen molar-refractivity contribution < 1.29 is 0 Å². The number of rotatable bonds is 4. The van der Waals surface area contributed by atoms with Gasteiger partial charge in [0.15, 0.2) is 0 Å². The predicted octanol–water partition coefficient (Wildman–Crippen LogP) is 4.19. The Morgan fingerprint density at radius 3 is 2.00 bits per heavy atom. The molecule has 0 saturated carbocycles. The summed E-state index contributed by atoms with van der Waals surface area (Å²) >= 11 is 5.65. The number of hydrogen-bond acceptors (Lipinski definition) is 1. The third kappa shape index (κ3) is 5.47. The Morgan fingerprint density at radius 2 is 1.75 bits per heavy atom. The highest BCUT2D eigenvalue weighted by Gasteiger charge is 2.23. The lowest BCUT2D eigenvalue weighted by molar-refractivity contribution is 0.295. The number of halogens is 1. The summed E-state index contributed by atoms with van der Waals surface area (Å²) in [5.41, 5.74) is 0.436. The maximum Gasteiger partial charge on any atom is 0.00725 e. The van der Waals surface area contributed by atoms with E-state index in [2.05, 4.69) is 62.3 Å². The van der Waals surface area contributed by atoms with Gasteiger partial charge in [-0.15, -0.1) is 0 Å². The van der Waals surface area contributed by atoms with Crippen molar-refractivity contribution in [1.82, 2.24) is 0 Å². The van der Waals surface area contributed by atoms with Gasteiger partial charge in [-0.1, -0.05) is 50.5 Å². The molecule has 0 aromatic carbocycles. The topological polar surface area (TPSA) is 0 Å². The lowest BCUT2D eigenvalue weighted by Crippen LogP contribution is -2.24. The fraction of sp³-hybridized carbons (Fsp3) is 1.00. The second-order valence-corrected chi connectivity index (χ2v) is 6.86. The van der Waals surface area contributed by atoms with Gasteiger partial charge in [0.25, 0.3) is 0 Å².